The Labute approximate surface area is 142 Å². The molecule has 2 heterocycles. The van der Waals surface area contributed by atoms with E-state index in [4.69, 9.17) is 0 Å². The van der Waals surface area contributed by atoms with Gasteiger partial charge in [0.05, 0.1) is 6.04 Å². The molecule has 1 aromatic carbocycles. The van der Waals surface area contributed by atoms with Gasteiger partial charge in [0.2, 0.25) is 0 Å². The van der Waals surface area contributed by atoms with Crippen molar-refractivity contribution < 1.29 is 22.8 Å². The Kier molecular flexibility index (Phi) is 4.12. The minimum atomic E-state index is -3.29. The monoisotopic (exact) mass is 354 g/mol. The maximum Gasteiger partial charge on any atom is 0.293 e. The van der Waals surface area contributed by atoms with E-state index in [1.807, 2.05) is 0 Å². The summed E-state index contributed by atoms with van der Waals surface area (Å²) in [6.45, 7) is 3.96. The number of aromatic nitrogens is 1. The zero-order valence-electron chi connectivity index (χ0n) is 14.0. The summed E-state index contributed by atoms with van der Waals surface area (Å²) in [5.41, 5.74) is -1.59. The Morgan fingerprint density at radius 2 is 1.84 bits per heavy atom. The van der Waals surface area contributed by atoms with E-state index in [1.165, 1.54) is 51.2 Å². The Balaban J connectivity index is 2.21. The zero-order valence-corrected chi connectivity index (χ0v) is 14.0. The average molecular weight is 354 g/mol. The standard InChI is InChI=1S/C18H18F4N2O/c1-10-8-11(9-23-14(10)16(19)20)15-12-6-4-5-7-13(12)18(21,22)17(2,3)24(15)25/h4-9,15-16,25H,1-3H3. The van der Waals surface area contributed by atoms with Crippen molar-refractivity contribution in [1.82, 2.24) is 10.0 Å². The van der Waals surface area contributed by atoms with E-state index in [-0.39, 0.29) is 22.4 Å². The van der Waals surface area contributed by atoms with Gasteiger partial charge in [0.15, 0.2) is 0 Å². The lowest BCUT2D eigenvalue weighted by Gasteiger charge is -2.49. The van der Waals surface area contributed by atoms with Crippen molar-refractivity contribution in [3.63, 3.8) is 0 Å². The SMILES string of the molecule is Cc1cc(C2c3ccccc3C(F)(F)C(C)(C)N2O)cnc1C(F)F. The van der Waals surface area contributed by atoms with Crippen LogP contribution in [0.1, 0.15) is 54.3 Å². The number of hydrogen-bond acceptors (Lipinski definition) is 3. The largest absolute Gasteiger partial charge is 0.312 e. The first-order valence-electron chi connectivity index (χ1n) is 7.79. The fourth-order valence-electron chi connectivity index (χ4n) is 3.26. The first kappa shape index (κ1) is 17.8. The molecule has 0 saturated heterocycles. The maximum absolute atomic E-state index is 14.8. The molecule has 0 radical (unpaired) electrons. The van der Waals surface area contributed by atoms with Crippen LogP contribution in [-0.4, -0.2) is 20.8 Å². The van der Waals surface area contributed by atoms with E-state index in [2.05, 4.69) is 4.98 Å². The summed E-state index contributed by atoms with van der Waals surface area (Å²) in [6, 6.07) is 6.47. The smallest absolute Gasteiger partial charge is 0.293 e. The number of benzene rings is 1. The molecule has 7 heteroatoms. The molecule has 0 saturated carbocycles. The number of nitrogens with zero attached hydrogens (tertiary/aromatic N) is 2. The quantitative estimate of drug-likeness (QED) is 0.772. The van der Waals surface area contributed by atoms with Crippen molar-refractivity contribution >= 4 is 0 Å². The molecule has 2 aromatic rings. The molecule has 0 amide bonds. The molecular weight excluding hydrogens is 336 g/mol. The number of halogens is 4. The molecule has 1 aliphatic rings. The predicted molar refractivity (Wildman–Crippen MR) is 83.8 cm³/mol. The van der Waals surface area contributed by atoms with Crippen molar-refractivity contribution in [2.24, 2.45) is 0 Å². The minimum absolute atomic E-state index is 0.189. The second-order valence-corrected chi connectivity index (χ2v) is 6.74. The molecule has 1 N–H and O–H groups in total. The third-order valence-electron chi connectivity index (χ3n) is 4.84. The van der Waals surface area contributed by atoms with Gasteiger partial charge in [-0.1, -0.05) is 30.3 Å². The number of hydroxylamine groups is 2. The van der Waals surface area contributed by atoms with Gasteiger partial charge in [-0.3, -0.25) is 4.98 Å². The first-order valence-corrected chi connectivity index (χ1v) is 7.79. The van der Waals surface area contributed by atoms with Crippen LogP contribution in [0.15, 0.2) is 36.5 Å². The molecule has 134 valence electrons. The van der Waals surface area contributed by atoms with E-state index in [9.17, 15) is 22.8 Å². The summed E-state index contributed by atoms with van der Waals surface area (Å²) in [4.78, 5) is 3.77. The molecule has 3 nitrogen and oxygen atoms in total. The number of alkyl halides is 4. The van der Waals surface area contributed by atoms with E-state index >= 15 is 0 Å². The molecule has 25 heavy (non-hydrogen) atoms. The van der Waals surface area contributed by atoms with Crippen LogP contribution in [0.4, 0.5) is 17.6 Å². The number of rotatable bonds is 2. The second-order valence-electron chi connectivity index (χ2n) is 6.74. The summed E-state index contributed by atoms with van der Waals surface area (Å²) in [7, 11) is 0. The Morgan fingerprint density at radius 1 is 1.20 bits per heavy atom. The van der Waals surface area contributed by atoms with Crippen molar-refractivity contribution in [2.75, 3.05) is 0 Å². The Hall–Kier alpha value is -1.99. The fourth-order valence-corrected chi connectivity index (χ4v) is 3.26. The van der Waals surface area contributed by atoms with Crippen LogP contribution in [0.25, 0.3) is 0 Å². The van der Waals surface area contributed by atoms with E-state index in [0.717, 1.165) is 0 Å². The van der Waals surface area contributed by atoms with Gasteiger partial charge < -0.3 is 5.21 Å². The Morgan fingerprint density at radius 3 is 2.44 bits per heavy atom. The molecule has 3 rings (SSSR count). The molecule has 0 aliphatic carbocycles. The van der Waals surface area contributed by atoms with Gasteiger partial charge in [-0.25, -0.2) is 8.78 Å². The van der Waals surface area contributed by atoms with Gasteiger partial charge in [0.25, 0.3) is 12.3 Å². The molecule has 0 fully saturated rings. The predicted octanol–water partition coefficient (Wildman–Crippen LogP) is 4.99. The summed E-state index contributed by atoms with van der Waals surface area (Å²) in [5.74, 6) is -3.29. The summed E-state index contributed by atoms with van der Waals surface area (Å²) in [5, 5.41) is 11.2. The molecular formula is C18H18F4N2O. The van der Waals surface area contributed by atoms with Crippen LogP contribution in [0.5, 0.6) is 0 Å². The van der Waals surface area contributed by atoms with E-state index in [1.54, 1.807) is 6.07 Å². The highest BCUT2D eigenvalue weighted by molar-refractivity contribution is 5.44. The molecule has 1 atom stereocenters. The van der Waals surface area contributed by atoms with E-state index < -0.39 is 23.9 Å². The van der Waals surface area contributed by atoms with Gasteiger partial charge in [0, 0.05) is 11.8 Å². The van der Waals surface area contributed by atoms with Crippen LogP contribution in [0.2, 0.25) is 0 Å². The van der Waals surface area contributed by atoms with Gasteiger partial charge in [-0.15, -0.1) is 0 Å². The van der Waals surface area contributed by atoms with Crippen LogP contribution < -0.4 is 0 Å². The highest BCUT2D eigenvalue weighted by Gasteiger charge is 2.59. The van der Waals surface area contributed by atoms with Crippen LogP contribution in [0.3, 0.4) is 0 Å². The third kappa shape index (κ3) is 2.53. The number of pyridine rings is 1. The van der Waals surface area contributed by atoms with Crippen molar-refractivity contribution in [3.8, 4) is 0 Å². The third-order valence-corrected chi connectivity index (χ3v) is 4.84. The zero-order chi connectivity index (χ0) is 18.6. The van der Waals surface area contributed by atoms with Crippen molar-refractivity contribution in [1.29, 1.82) is 0 Å². The van der Waals surface area contributed by atoms with Crippen LogP contribution in [-0.2, 0) is 5.92 Å². The molecule has 1 aliphatic heterocycles. The number of fused-ring (bicyclic) bond motifs is 1. The lowest BCUT2D eigenvalue weighted by Crippen LogP contribution is -2.58. The minimum Gasteiger partial charge on any atom is -0.312 e. The molecule has 0 bridgehead atoms. The average Bonchev–Trinajstić information content (AvgIpc) is 2.54. The van der Waals surface area contributed by atoms with Gasteiger partial charge >= 0.3 is 0 Å². The van der Waals surface area contributed by atoms with Gasteiger partial charge in [-0.2, -0.15) is 13.8 Å². The molecule has 1 unspecified atom stereocenters. The van der Waals surface area contributed by atoms with Crippen molar-refractivity contribution in [2.45, 2.75) is 44.7 Å². The molecule has 0 spiro atoms. The van der Waals surface area contributed by atoms with E-state index in [0.29, 0.717) is 10.6 Å². The highest BCUT2D eigenvalue weighted by atomic mass is 19.3. The summed E-state index contributed by atoms with van der Waals surface area (Å²) in [6.07, 6.45) is -1.52. The maximum atomic E-state index is 14.8. The summed E-state index contributed by atoms with van der Waals surface area (Å²) >= 11 is 0. The van der Waals surface area contributed by atoms with Crippen LogP contribution >= 0.6 is 0 Å². The summed E-state index contributed by atoms with van der Waals surface area (Å²) < 4.78 is 55.5. The van der Waals surface area contributed by atoms with Gasteiger partial charge in [-0.05, 0) is 37.5 Å². The first-order chi connectivity index (χ1) is 11.6. The Bertz CT molecular complexity index is 807. The second kappa shape index (κ2) is 5.78. The number of hydrogen-bond donors (Lipinski definition) is 1. The lowest BCUT2D eigenvalue weighted by molar-refractivity contribution is -0.273. The lowest BCUT2D eigenvalue weighted by atomic mass is 9.78. The fraction of sp³-hybridized carbons (Fsp3) is 0.389. The highest BCUT2D eigenvalue weighted by Crippen LogP contribution is 2.52. The van der Waals surface area contributed by atoms with Crippen molar-refractivity contribution in [3.05, 3.63) is 64.5 Å². The van der Waals surface area contributed by atoms with Crippen LogP contribution in [0, 0.1) is 6.92 Å². The topological polar surface area (TPSA) is 36.4 Å². The molecule has 1 aromatic heterocycles. The normalized spacial score (nSPS) is 22.0. The number of aryl methyl sites for hydroxylation is 1. The van der Waals surface area contributed by atoms with Gasteiger partial charge in [0.1, 0.15) is 11.2 Å².